The molecule has 2 aromatic carbocycles. The lowest BCUT2D eigenvalue weighted by atomic mass is 10.0. The summed E-state index contributed by atoms with van der Waals surface area (Å²) in [5.41, 5.74) is 1.63. The Kier molecular flexibility index (Phi) is 5.78. The standard InChI is InChI=1S/C16H16O3.CH4/c1-18-15-9-8-13(11-16(15)19-2)14(17)10-12-6-4-3-5-7-12;/h3-9,11H,10H2,1-2H3;1H4. The van der Waals surface area contributed by atoms with E-state index in [1.54, 1.807) is 32.4 Å². The quantitative estimate of drug-likeness (QED) is 0.777. The highest BCUT2D eigenvalue weighted by molar-refractivity contribution is 5.98. The van der Waals surface area contributed by atoms with Crippen LogP contribution in [0.25, 0.3) is 0 Å². The van der Waals surface area contributed by atoms with Crippen molar-refractivity contribution in [1.29, 1.82) is 0 Å². The molecule has 0 aliphatic heterocycles. The van der Waals surface area contributed by atoms with Gasteiger partial charge in [0.05, 0.1) is 14.2 Å². The minimum Gasteiger partial charge on any atom is -0.493 e. The third-order valence-electron chi connectivity index (χ3n) is 2.91. The molecular formula is C17H20O3. The maximum Gasteiger partial charge on any atom is 0.167 e. The molecule has 0 N–H and O–H groups in total. The van der Waals surface area contributed by atoms with Crippen molar-refractivity contribution >= 4 is 5.78 Å². The molecule has 0 aliphatic carbocycles. The summed E-state index contributed by atoms with van der Waals surface area (Å²) in [7, 11) is 3.13. The maximum atomic E-state index is 12.2. The third kappa shape index (κ3) is 3.60. The molecule has 0 unspecified atom stereocenters. The van der Waals surface area contributed by atoms with Crippen LogP contribution in [-0.2, 0) is 6.42 Å². The zero-order chi connectivity index (χ0) is 13.7. The minimum atomic E-state index is 0. The molecule has 0 saturated carbocycles. The van der Waals surface area contributed by atoms with Crippen molar-refractivity contribution < 1.29 is 14.3 Å². The highest BCUT2D eigenvalue weighted by Gasteiger charge is 2.11. The number of rotatable bonds is 5. The molecule has 3 heteroatoms. The van der Waals surface area contributed by atoms with Gasteiger partial charge in [0.1, 0.15) is 0 Å². The van der Waals surface area contributed by atoms with Crippen molar-refractivity contribution in [2.24, 2.45) is 0 Å². The first-order chi connectivity index (χ1) is 9.24. The van der Waals surface area contributed by atoms with Crippen LogP contribution in [0, 0.1) is 0 Å². The fourth-order valence-electron chi connectivity index (χ4n) is 1.89. The van der Waals surface area contributed by atoms with Crippen molar-refractivity contribution in [3.8, 4) is 11.5 Å². The molecule has 0 aliphatic rings. The molecule has 0 saturated heterocycles. The van der Waals surface area contributed by atoms with Crippen molar-refractivity contribution in [1.82, 2.24) is 0 Å². The Balaban J connectivity index is 0.00000200. The van der Waals surface area contributed by atoms with Crippen molar-refractivity contribution in [2.75, 3.05) is 14.2 Å². The van der Waals surface area contributed by atoms with Crippen LogP contribution in [0.4, 0.5) is 0 Å². The van der Waals surface area contributed by atoms with Gasteiger partial charge >= 0.3 is 0 Å². The fourth-order valence-corrected chi connectivity index (χ4v) is 1.89. The highest BCUT2D eigenvalue weighted by Crippen LogP contribution is 2.28. The second-order valence-corrected chi connectivity index (χ2v) is 4.16. The summed E-state index contributed by atoms with van der Waals surface area (Å²) in [5.74, 6) is 1.26. The number of ether oxygens (including phenoxy) is 2. The van der Waals surface area contributed by atoms with E-state index in [0.29, 0.717) is 23.5 Å². The molecule has 0 bridgehead atoms. The fraction of sp³-hybridized carbons (Fsp3) is 0.235. The van der Waals surface area contributed by atoms with Gasteiger partial charge in [0.15, 0.2) is 17.3 Å². The molecule has 3 nitrogen and oxygen atoms in total. The van der Waals surface area contributed by atoms with E-state index < -0.39 is 0 Å². The number of hydrogen-bond donors (Lipinski definition) is 0. The smallest absolute Gasteiger partial charge is 0.167 e. The van der Waals surface area contributed by atoms with Gasteiger partial charge in [-0.2, -0.15) is 0 Å². The van der Waals surface area contributed by atoms with E-state index in [0.717, 1.165) is 5.56 Å². The molecule has 2 rings (SSSR count). The van der Waals surface area contributed by atoms with Gasteiger partial charge in [0, 0.05) is 12.0 Å². The van der Waals surface area contributed by atoms with E-state index >= 15 is 0 Å². The van der Waals surface area contributed by atoms with E-state index in [-0.39, 0.29) is 13.2 Å². The van der Waals surface area contributed by atoms with Gasteiger partial charge < -0.3 is 9.47 Å². The van der Waals surface area contributed by atoms with E-state index in [1.165, 1.54) is 0 Å². The Bertz CT molecular complexity index is 562. The number of hydrogen-bond acceptors (Lipinski definition) is 3. The number of Topliss-reactive ketones (excluding diaryl/α,β-unsaturated/α-hetero) is 1. The average molecular weight is 272 g/mol. The first-order valence-electron chi connectivity index (χ1n) is 6.03. The molecule has 0 fully saturated rings. The number of methoxy groups -OCH3 is 2. The van der Waals surface area contributed by atoms with Gasteiger partial charge in [-0.1, -0.05) is 37.8 Å². The van der Waals surface area contributed by atoms with Gasteiger partial charge in [0.2, 0.25) is 0 Å². The SMILES string of the molecule is C.COc1ccc(C(=O)Cc2ccccc2)cc1OC. The minimum absolute atomic E-state index is 0. The van der Waals surface area contributed by atoms with Crippen LogP contribution in [0.3, 0.4) is 0 Å². The van der Waals surface area contributed by atoms with E-state index in [4.69, 9.17) is 9.47 Å². The highest BCUT2D eigenvalue weighted by atomic mass is 16.5. The topological polar surface area (TPSA) is 35.5 Å². The lowest BCUT2D eigenvalue weighted by Crippen LogP contribution is -2.04. The van der Waals surface area contributed by atoms with Crippen LogP contribution in [-0.4, -0.2) is 20.0 Å². The predicted octanol–water partition coefficient (Wildman–Crippen LogP) is 3.77. The first-order valence-corrected chi connectivity index (χ1v) is 6.03. The Morgan fingerprint density at radius 2 is 1.60 bits per heavy atom. The Hall–Kier alpha value is -2.29. The summed E-state index contributed by atoms with van der Waals surface area (Å²) in [4.78, 5) is 12.2. The average Bonchev–Trinajstić information content (AvgIpc) is 2.47. The van der Waals surface area contributed by atoms with Crippen molar-refractivity contribution in [3.05, 3.63) is 59.7 Å². The second-order valence-electron chi connectivity index (χ2n) is 4.16. The first kappa shape index (κ1) is 15.8. The predicted molar refractivity (Wildman–Crippen MR) is 80.8 cm³/mol. The number of ketones is 1. The summed E-state index contributed by atoms with van der Waals surface area (Å²) in [6.07, 6.45) is 0.385. The summed E-state index contributed by atoms with van der Waals surface area (Å²) in [6, 6.07) is 14.9. The van der Waals surface area contributed by atoms with Crippen LogP contribution in [0.1, 0.15) is 23.3 Å². The van der Waals surface area contributed by atoms with E-state index in [9.17, 15) is 4.79 Å². The zero-order valence-corrected chi connectivity index (χ0v) is 11.1. The van der Waals surface area contributed by atoms with Crippen LogP contribution in [0.15, 0.2) is 48.5 Å². The van der Waals surface area contributed by atoms with Gasteiger partial charge in [-0.05, 0) is 23.8 Å². The van der Waals surface area contributed by atoms with Crippen molar-refractivity contribution in [2.45, 2.75) is 13.8 Å². The lowest BCUT2D eigenvalue weighted by molar-refractivity contribution is 0.0992. The Labute approximate surface area is 120 Å². The van der Waals surface area contributed by atoms with Gasteiger partial charge in [-0.25, -0.2) is 0 Å². The molecule has 0 aromatic heterocycles. The van der Waals surface area contributed by atoms with Crippen LogP contribution in [0.5, 0.6) is 11.5 Å². The lowest BCUT2D eigenvalue weighted by Gasteiger charge is -2.09. The Morgan fingerprint density at radius 1 is 0.950 bits per heavy atom. The van der Waals surface area contributed by atoms with E-state index in [1.807, 2.05) is 30.3 Å². The van der Waals surface area contributed by atoms with Gasteiger partial charge in [-0.15, -0.1) is 0 Å². The molecule has 106 valence electrons. The Morgan fingerprint density at radius 3 is 2.20 bits per heavy atom. The van der Waals surface area contributed by atoms with Gasteiger partial charge in [-0.3, -0.25) is 4.79 Å². The second kappa shape index (κ2) is 7.34. The number of benzene rings is 2. The molecular weight excluding hydrogens is 252 g/mol. The summed E-state index contributed by atoms with van der Waals surface area (Å²) >= 11 is 0. The third-order valence-corrected chi connectivity index (χ3v) is 2.91. The maximum absolute atomic E-state index is 12.2. The zero-order valence-electron chi connectivity index (χ0n) is 11.1. The molecule has 0 atom stereocenters. The van der Waals surface area contributed by atoms with Crippen LogP contribution >= 0.6 is 0 Å². The number of carbonyl (C=O) groups excluding carboxylic acids is 1. The normalized spacial score (nSPS) is 9.50. The molecule has 0 spiro atoms. The summed E-state index contributed by atoms with van der Waals surface area (Å²) in [5, 5.41) is 0. The van der Waals surface area contributed by atoms with E-state index in [2.05, 4.69) is 0 Å². The molecule has 0 amide bonds. The van der Waals surface area contributed by atoms with Crippen LogP contribution < -0.4 is 9.47 Å². The molecule has 2 aromatic rings. The molecule has 0 heterocycles. The monoisotopic (exact) mass is 272 g/mol. The number of carbonyl (C=O) groups is 1. The summed E-state index contributed by atoms with van der Waals surface area (Å²) in [6.45, 7) is 0. The summed E-state index contributed by atoms with van der Waals surface area (Å²) < 4.78 is 10.4. The largest absolute Gasteiger partial charge is 0.493 e. The van der Waals surface area contributed by atoms with Crippen molar-refractivity contribution in [3.63, 3.8) is 0 Å². The molecule has 0 radical (unpaired) electrons. The van der Waals surface area contributed by atoms with Crippen LogP contribution in [0.2, 0.25) is 0 Å². The molecule has 20 heavy (non-hydrogen) atoms. The van der Waals surface area contributed by atoms with Gasteiger partial charge in [0.25, 0.3) is 0 Å².